The maximum absolute atomic E-state index is 6.16. The van der Waals surface area contributed by atoms with Crippen molar-refractivity contribution in [3.8, 4) is 11.3 Å². The largest absolute Gasteiger partial charge is 0.378 e. The summed E-state index contributed by atoms with van der Waals surface area (Å²) in [6.07, 6.45) is 8.76. The van der Waals surface area contributed by atoms with Crippen LogP contribution in [0.3, 0.4) is 0 Å². The van der Waals surface area contributed by atoms with Gasteiger partial charge in [0, 0.05) is 16.3 Å². The van der Waals surface area contributed by atoms with Gasteiger partial charge in [-0.25, -0.2) is 9.97 Å². The number of fused-ring (bicyclic) bond motifs is 2. The van der Waals surface area contributed by atoms with Crippen LogP contribution in [0.25, 0.3) is 28.0 Å². The lowest BCUT2D eigenvalue weighted by molar-refractivity contribution is 0.560. The molecule has 4 heteroatoms. The second-order valence-electron chi connectivity index (χ2n) is 10.5. The van der Waals surface area contributed by atoms with E-state index in [0.29, 0.717) is 0 Å². The maximum atomic E-state index is 6.16. The fourth-order valence-corrected chi connectivity index (χ4v) is 5.50. The van der Waals surface area contributed by atoms with Gasteiger partial charge in [-0.3, -0.25) is 0 Å². The van der Waals surface area contributed by atoms with Crippen molar-refractivity contribution in [2.75, 3.05) is 0 Å². The Kier molecular flexibility index (Phi) is 8.24. The molecule has 0 saturated carbocycles. The van der Waals surface area contributed by atoms with Gasteiger partial charge >= 0.3 is 0 Å². The number of aromatic nitrogens is 2. The summed E-state index contributed by atoms with van der Waals surface area (Å²) in [4.78, 5) is 10.2. The van der Waals surface area contributed by atoms with Crippen LogP contribution in [0.4, 0.5) is 0 Å². The fraction of sp³-hybridized carbons (Fsp3) is 0.294. The first-order chi connectivity index (χ1) is 18.5. The third-order valence-electron chi connectivity index (χ3n) is 7.44. The van der Waals surface area contributed by atoms with Crippen LogP contribution in [0.1, 0.15) is 73.9 Å². The molecule has 194 valence electrons. The Morgan fingerprint density at radius 2 is 1.76 bits per heavy atom. The summed E-state index contributed by atoms with van der Waals surface area (Å²) in [5, 5.41) is 4.46. The Labute approximate surface area is 231 Å². The van der Waals surface area contributed by atoms with Crippen molar-refractivity contribution in [3.63, 3.8) is 0 Å². The molecule has 0 fully saturated rings. The summed E-state index contributed by atoms with van der Waals surface area (Å²) < 4.78 is 0. The van der Waals surface area contributed by atoms with Crippen molar-refractivity contribution >= 4 is 28.3 Å². The van der Waals surface area contributed by atoms with Gasteiger partial charge in [-0.2, -0.15) is 0 Å². The molecule has 5 rings (SSSR count). The molecule has 38 heavy (non-hydrogen) atoms. The second kappa shape index (κ2) is 12.0. The van der Waals surface area contributed by atoms with E-state index in [1.54, 1.807) is 0 Å². The number of hydrogen-bond acceptors (Lipinski definition) is 3. The molecule has 1 aliphatic rings. The normalized spacial score (nSPS) is 15.1. The molecule has 0 saturated heterocycles. The second-order valence-corrected chi connectivity index (χ2v) is 11.0. The lowest BCUT2D eigenvalue weighted by Gasteiger charge is -2.22. The molecule has 1 N–H and O–H groups in total. The minimum atomic E-state index is 0.277. The van der Waals surface area contributed by atoms with Crippen molar-refractivity contribution < 1.29 is 0 Å². The number of rotatable bonds is 9. The Morgan fingerprint density at radius 3 is 2.58 bits per heavy atom. The van der Waals surface area contributed by atoms with Crippen LogP contribution in [-0.4, -0.2) is 9.97 Å². The number of benzene rings is 3. The molecular weight excluding hydrogens is 486 g/mol. The molecule has 1 aliphatic carbocycles. The van der Waals surface area contributed by atoms with Crippen LogP contribution in [-0.2, 0) is 12.8 Å². The number of hydrogen-bond donors (Lipinski definition) is 1. The highest BCUT2D eigenvalue weighted by Crippen LogP contribution is 2.31. The highest BCUT2D eigenvalue weighted by Gasteiger charge is 2.19. The number of aryl methyl sites for hydroxylation is 2. The van der Waals surface area contributed by atoms with Crippen molar-refractivity contribution in [2.45, 2.75) is 64.3 Å². The quantitative estimate of drug-likeness (QED) is 0.135. The van der Waals surface area contributed by atoms with E-state index in [2.05, 4.69) is 67.9 Å². The monoisotopic (exact) mass is 521 g/mol. The van der Waals surface area contributed by atoms with Gasteiger partial charge in [0.1, 0.15) is 0 Å². The molecular formula is C34H36ClN3. The van der Waals surface area contributed by atoms with E-state index in [9.17, 15) is 0 Å². The summed E-state index contributed by atoms with van der Waals surface area (Å²) in [5.41, 5.74) is 10.8. The Hall–Kier alpha value is -3.43. The zero-order chi connectivity index (χ0) is 26.5. The molecule has 0 radical (unpaired) electrons. The lowest BCUT2D eigenvalue weighted by Crippen LogP contribution is -2.19. The molecule has 3 nitrogen and oxygen atoms in total. The van der Waals surface area contributed by atoms with Gasteiger partial charge in [-0.15, -0.1) is 6.58 Å². The van der Waals surface area contributed by atoms with Gasteiger partial charge in [0.2, 0.25) is 0 Å². The molecule has 1 atom stereocenters. The van der Waals surface area contributed by atoms with Crippen molar-refractivity contribution in [1.29, 1.82) is 0 Å². The van der Waals surface area contributed by atoms with Crippen LogP contribution < -0.4 is 5.32 Å². The number of unbranched alkanes of at least 4 members (excludes halogenated alkanes) is 1. The standard InChI is InChI=1S/C34H36ClN3/c1-23(2)10-4-8-15-32-34(26-16-19-28(35)20-17-26)38-31-21-18-27(22-33(31)37-32)24(3)36-30-14-9-6-12-25-11-5-7-13-29(25)30/h5,7,11,13,16-22,30,36H,1,3-4,6,8-10,12,14-15H2,2H3. The number of nitrogens with zero attached hydrogens (tertiary/aromatic N) is 2. The summed E-state index contributed by atoms with van der Waals surface area (Å²) in [5.74, 6) is 0. The molecule has 0 amide bonds. The zero-order valence-electron chi connectivity index (χ0n) is 22.3. The van der Waals surface area contributed by atoms with E-state index in [0.717, 1.165) is 82.8 Å². The molecule has 1 unspecified atom stereocenters. The van der Waals surface area contributed by atoms with Crippen LogP contribution >= 0.6 is 11.6 Å². The zero-order valence-corrected chi connectivity index (χ0v) is 23.0. The predicted molar refractivity (Wildman–Crippen MR) is 161 cm³/mol. The Bertz CT molecular complexity index is 1450. The highest BCUT2D eigenvalue weighted by molar-refractivity contribution is 6.30. The van der Waals surface area contributed by atoms with Gasteiger partial charge in [-0.1, -0.05) is 72.6 Å². The summed E-state index contributed by atoms with van der Waals surface area (Å²) >= 11 is 6.16. The summed E-state index contributed by atoms with van der Waals surface area (Å²) in [6.45, 7) is 10.6. The van der Waals surface area contributed by atoms with Crippen molar-refractivity contribution in [2.24, 2.45) is 0 Å². The SMILES string of the molecule is C=C(C)CCCCc1nc2cc(C(=C)NC3CCCCc4ccccc43)ccc2nc1-c1ccc(Cl)cc1. The van der Waals surface area contributed by atoms with Gasteiger partial charge in [0.05, 0.1) is 28.5 Å². The van der Waals surface area contributed by atoms with Crippen LogP contribution in [0, 0.1) is 0 Å². The molecule has 0 bridgehead atoms. The number of halogens is 1. The van der Waals surface area contributed by atoms with Gasteiger partial charge in [0.15, 0.2) is 0 Å². The third-order valence-corrected chi connectivity index (χ3v) is 7.69. The van der Waals surface area contributed by atoms with E-state index >= 15 is 0 Å². The minimum Gasteiger partial charge on any atom is -0.378 e. The summed E-state index contributed by atoms with van der Waals surface area (Å²) in [6, 6.07) is 23.3. The lowest BCUT2D eigenvalue weighted by atomic mass is 9.98. The predicted octanol–water partition coefficient (Wildman–Crippen LogP) is 9.27. The molecule has 1 heterocycles. The average Bonchev–Trinajstić information content (AvgIpc) is 3.13. The minimum absolute atomic E-state index is 0.277. The Morgan fingerprint density at radius 1 is 0.947 bits per heavy atom. The van der Waals surface area contributed by atoms with Gasteiger partial charge < -0.3 is 5.32 Å². The molecule has 0 aliphatic heterocycles. The fourth-order valence-electron chi connectivity index (χ4n) is 5.38. The molecule has 3 aromatic carbocycles. The van der Waals surface area contributed by atoms with Gasteiger partial charge in [-0.05, 0) is 92.8 Å². The van der Waals surface area contributed by atoms with E-state index in [1.165, 1.54) is 29.5 Å². The first-order valence-electron chi connectivity index (χ1n) is 13.7. The van der Waals surface area contributed by atoms with Crippen molar-refractivity contribution in [1.82, 2.24) is 15.3 Å². The topological polar surface area (TPSA) is 37.8 Å². The first kappa shape index (κ1) is 26.2. The molecule has 4 aromatic rings. The van der Waals surface area contributed by atoms with E-state index in [1.807, 2.05) is 24.3 Å². The van der Waals surface area contributed by atoms with E-state index in [4.69, 9.17) is 21.6 Å². The van der Waals surface area contributed by atoms with E-state index in [-0.39, 0.29) is 6.04 Å². The highest BCUT2D eigenvalue weighted by atomic mass is 35.5. The first-order valence-corrected chi connectivity index (χ1v) is 14.1. The number of allylic oxidation sites excluding steroid dienone is 1. The van der Waals surface area contributed by atoms with Crippen LogP contribution in [0.2, 0.25) is 5.02 Å². The molecule has 1 aromatic heterocycles. The van der Waals surface area contributed by atoms with Crippen molar-refractivity contribution in [3.05, 3.63) is 113 Å². The molecule has 0 spiro atoms. The average molecular weight is 522 g/mol. The maximum Gasteiger partial charge on any atom is 0.0925 e. The van der Waals surface area contributed by atoms with Crippen LogP contribution in [0.5, 0.6) is 0 Å². The van der Waals surface area contributed by atoms with Gasteiger partial charge in [0.25, 0.3) is 0 Å². The Balaban J connectivity index is 1.44. The smallest absolute Gasteiger partial charge is 0.0925 e. The van der Waals surface area contributed by atoms with Crippen LogP contribution in [0.15, 0.2) is 85.5 Å². The third kappa shape index (κ3) is 6.16. The summed E-state index contributed by atoms with van der Waals surface area (Å²) in [7, 11) is 0. The van der Waals surface area contributed by atoms with E-state index < -0.39 is 0 Å². The number of nitrogens with one attached hydrogen (secondary N) is 1.